The monoisotopic (exact) mass is 502 g/mol. The van der Waals surface area contributed by atoms with Gasteiger partial charge in [-0.15, -0.1) is 0 Å². The van der Waals surface area contributed by atoms with Gasteiger partial charge in [0.2, 0.25) is 0 Å². The molecule has 0 atom stereocenters. The van der Waals surface area contributed by atoms with Crippen molar-refractivity contribution in [3.05, 3.63) is 87.9 Å². The van der Waals surface area contributed by atoms with Crippen molar-refractivity contribution >= 4 is 50.5 Å². The van der Waals surface area contributed by atoms with Gasteiger partial charge in [0, 0.05) is 15.7 Å². The largest absolute Gasteiger partial charge is 0.393 e. The summed E-state index contributed by atoms with van der Waals surface area (Å²) in [5.74, 6) is -0.684. The number of nitrogens with one attached hydrogen (secondary N) is 2. The zero-order valence-electron chi connectivity index (χ0n) is 16.1. The molecule has 0 aliphatic heterocycles. The molecule has 32 heavy (non-hydrogen) atoms. The molecule has 0 unspecified atom stereocenters. The van der Waals surface area contributed by atoms with Gasteiger partial charge >= 0.3 is 6.18 Å². The lowest BCUT2D eigenvalue weighted by atomic mass is 10.1. The molecule has 0 heterocycles. The summed E-state index contributed by atoms with van der Waals surface area (Å²) < 4.78 is 66.7. The zero-order valence-corrected chi connectivity index (χ0v) is 18.4. The predicted octanol–water partition coefficient (Wildman–Crippen LogP) is 6.15. The zero-order chi connectivity index (χ0) is 23.5. The van der Waals surface area contributed by atoms with E-state index in [1.165, 1.54) is 30.3 Å². The van der Waals surface area contributed by atoms with Gasteiger partial charge in [-0.05, 0) is 54.1 Å². The molecule has 3 aromatic carbocycles. The molecule has 2 N–H and O–H groups in total. The van der Waals surface area contributed by atoms with E-state index in [0.717, 1.165) is 12.1 Å². The summed E-state index contributed by atoms with van der Waals surface area (Å²) in [6.45, 7) is 0. The molecule has 168 valence electrons. The van der Waals surface area contributed by atoms with E-state index in [1.54, 1.807) is 24.3 Å². The Morgan fingerprint density at radius 3 is 2.19 bits per heavy atom. The number of rotatable bonds is 6. The number of carbonyl (C=O) groups is 1. The molecule has 0 spiro atoms. The number of alkyl halides is 3. The SMILES string of the molecule is O=C(Nc1ccc(Cl)cc1)c1cc(Cl)ccc1NS(=O)(=O)c1ccccc1CC(F)(F)F. The van der Waals surface area contributed by atoms with Crippen LogP contribution in [0.25, 0.3) is 0 Å². The first-order chi connectivity index (χ1) is 14.9. The second kappa shape index (κ2) is 9.40. The molecule has 0 saturated heterocycles. The molecule has 0 fully saturated rings. The van der Waals surface area contributed by atoms with Gasteiger partial charge in [-0.1, -0.05) is 41.4 Å². The van der Waals surface area contributed by atoms with Crippen molar-refractivity contribution < 1.29 is 26.4 Å². The van der Waals surface area contributed by atoms with E-state index >= 15 is 0 Å². The molecule has 3 aromatic rings. The second-order valence-electron chi connectivity index (χ2n) is 6.66. The first-order valence-electron chi connectivity index (χ1n) is 8.98. The Bertz CT molecular complexity index is 1250. The maximum atomic E-state index is 12.9. The van der Waals surface area contributed by atoms with Crippen LogP contribution in [0, 0.1) is 0 Å². The first-order valence-corrected chi connectivity index (χ1v) is 11.2. The van der Waals surface area contributed by atoms with Crippen LogP contribution >= 0.6 is 23.2 Å². The quantitative estimate of drug-likeness (QED) is 0.424. The molecule has 0 aliphatic carbocycles. The van der Waals surface area contributed by atoms with Gasteiger partial charge < -0.3 is 5.32 Å². The summed E-state index contributed by atoms with van der Waals surface area (Å²) in [6, 6.07) is 14.8. The number of hydrogen-bond acceptors (Lipinski definition) is 3. The topological polar surface area (TPSA) is 75.3 Å². The average Bonchev–Trinajstić information content (AvgIpc) is 2.70. The van der Waals surface area contributed by atoms with Gasteiger partial charge in [-0.25, -0.2) is 8.42 Å². The number of halogens is 5. The number of amides is 1. The molecule has 11 heteroatoms. The van der Waals surface area contributed by atoms with Crippen LogP contribution in [-0.4, -0.2) is 20.5 Å². The number of anilines is 2. The third kappa shape index (κ3) is 6.15. The van der Waals surface area contributed by atoms with Crippen molar-refractivity contribution in [1.29, 1.82) is 0 Å². The minimum absolute atomic E-state index is 0.121. The maximum absolute atomic E-state index is 12.9. The molecule has 0 bridgehead atoms. The van der Waals surface area contributed by atoms with Gasteiger partial charge in [-0.2, -0.15) is 13.2 Å². The van der Waals surface area contributed by atoms with Crippen molar-refractivity contribution in [3.8, 4) is 0 Å². The van der Waals surface area contributed by atoms with Crippen molar-refractivity contribution in [2.24, 2.45) is 0 Å². The van der Waals surface area contributed by atoms with E-state index in [2.05, 4.69) is 10.0 Å². The van der Waals surface area contributed by atoms with E-state index in [0.29, 0.717) is 10.7 Å². The summed E-state index contributed by atoms with van der Waals surface area (Å²) in [4.78, 5) is 12.2. The van der Waals surface area contributed by atoms with Crippen LogP contribution < -0.4 is 10.0 Å². The molecular weight excluding hydrogens is 488 g/mol. The molecule has 0 radical (unpaired) electrons. The van der Waals surface area contributed by atoms with Crippen molar-refractivity contribution in [2.45, 2.75) is 17.5 Å². The van der Waals surface area contributed by atoms with Crippen molar-refractivity contribution in [3.63, 3.8) is 0 Å². The van der Waals surface area contributed by atoms with E-state index in [4.69, 9.17) is 23.2 Å². The van der Waals surface area contributed by atoms with Crippen LogP contribution in [0.2, 0.25) is 10.0 Å². The summed E-state index contributed by atoms with van der Waals surface area (Å²) in [5.41, 5.74) is -0.302. The van der Waals surface area contributed by atoms with Crippen LogP contribution in [0.3, 0.4) is 0 Å². The van der Waals surface area contributed by atoms with E-state index < -0.39 is 39.0 Å². The molecule has 0 aliphatic rings. The van der Waals surface area contributed by atoms with Crippen LogP contribution in [0.15, 0.2) is 71.6 Å². The van der Waals surface area contributed by atoms with E-state index in [9.17, 15) is 26.4 Å². The first kappa shape index (κ1) is 23.9. The highest BCUT2D eigenvalue weighted by atomic mass is 35.5. The number of carbonyl (C=O) groups excluding carboxylic acids is 1. The van der Waals surface area contributed by atoms with Crippen molar-refractivity contribution in [2.75, 3.05) is 10.0 Å². The van der Waals surface area contributed by atoms with Gasteiger partial charge in [0.15, 0.2) is 0 Å². The molecule has 3 rings (SSSR count). The Labute approximate surface area is 192 Å². The molecule has 5 nitrogen and oxygen atoms in total. The Hall–Kier alpha value is -2.75. The highest BCUT2D eigenvalue weighted by Crippen LogP contribution is 2.29. The van der Waals surface area contributed by atoms with Crippen molar-refractivity contribution in [1.82, 2.24) is 0 Å². The number of sulfonamides is 1. The molecule has 0 saturated carbocycles. The van der Waals surface area contributed by atoms with Crippen LogP contribution in [0.1, 0.15) is 15.9 Å². The number of hydrogen-bond donors (Lipinski definition) is 2. The fourth-order valence-electron chi connectivity index (χ4n) is 2.85. The minimum Gasteiger partial charge on any atom is -0.322 e. The Kier molecular flexibility index (Phi) is 7.02. The smallest absolute Gasteiger partial charge is 0.322 e. The van der Waals surface area contributed by atoms with E-state index in [1.807, 2.05) is 0 Å². The third-order valence-electron chi connectivity index (χ3n) is 4.23. The lowest BCUT2D eigenvalue weighted by Gasteiger charge is -2.16. The van der Waals surface area contributed by atoms with Crippen LogP contribution in [0.4, 0.5) is 24.5 Å². The molecule has 0 aromatic heterocycles. The minimum atomic E-state index is -4.60. The second-order valence-corrected chi connectivity index (χ2v) is 9.18. The summed E-state index contributed by atoms with van der Waals surface area (Å²) in [6.07, 6.45) is -6.02. The fraction of sp³-hybridized carbons (Fsp3) is 0.0952. The van der Waals surface area contributed by atoms with Gasteiger partial charge in [0.25, 0.3) is 15.9 Å². The summed E-state index contributed by atoms with van der Waals surface area (Å²) >= 11 is 11.8. The number of benzene rings is 3. The molecular formula is C21H15Cl2F3N2O3S. The summed E-state index contributed by atoms with van der Waals surface area (Å²) in [5, 5.41) is 3.20. The van der Waals surface area contributed by atoms with Crippen LogP contribution in [-0.2, 0) is 16.4 Å². The highest BCUT2D eigenvalue weighted by Gasteiger charge is 2.31. The predicted molar refractivity (Wildman–Crippen MR) is 118 cm³/mol. The summed E-state index contributed by atoms with van der Waals surface area (Å²) in [7, 11) is -4.45. The lowest BCUT2D eigenvalue weighted by Crippen LogP contribution is -2.21. The van der Waals surface area contributed by atoms with Gasteiger partial charge in [-0.3, -0.25) is 9.52 Å². The highest BCUT2D eigenvalue weighted by molar-refractivity contribution is 7.92. The average molecular weight is 503 g/mol. The standard InChI is InChI=1S/C21H15Cl2F3N2O3S/c22-14-5-8-16(9-6-14)27-20(29)17-11-15(23)7-10-18(17)28-32(30,31)19-4-2-1-3-13(19)12-21(24,25)26/h1-11,28H,12H2,(H,27,29). The third-order valence-corrected chi connectivity index (χ3v) is 6.18. The normalized spacial score (nSPS) is 11.8. The van der Waals surface area contributed by atoms with Gasteiger partial charge in [0.05, 0.1) is 22.6 Å². The fourth-order valence-corrected chi connectivity index (χ4v) is 4.47. The van der Waals surface area contributed by atoms with Crippen LogP contribution in [0.5, 0.6) is 0 Å². The lowest BCUT2D eigenvalue weighted by molar-refractivity contribution is -0.127. The Morgan fingerprint density at radius 2 is 1.53 bits per heavy atom. The van der Waals surface area contributed by atoms with E-state index in [-0.39, 0.29) is 16.3 Å². The maximum Gasteiger partial charge on any atom is 0.393 e. The van der Waals surface area contributed by atoms with Gasteiger partial charge in [0.1, 0.15) is 0 Å². The Balaban J connectivity index is 1.94. The Morgan fingerprint density at radius 1 is 0.906 bits per heavy atom. The molecule has 1 amide bonds.